The lowest BCUT2D eigenvalue weighted by Gasteiger charge is -2.42. The molecule has 2 aromatic rings. The zero-order valence-electron chi connectivity index (χ0n) is 18.3. The van der Waals surface area contributed by atoms with Crippen molar-refractivity contribution in [2.75, 3.05) is 38.6 Å². The molecule has 9 heteroatoms. The Hall–Kier alpha value is -3.59. The first-order valence-corrected chi connectivity index (χ1v) is 10.5. The molecule has 0 aromatic heterocycles. The molecule has 3 rings (SSSR count). The van der Waals surface area contributed by atoms with Crippen LogP contribution in [0.1, 0.15) is 22.3 Å². The maximum atomic E-state index is 13.3. The first kappa shape index (κ1) is 23.1. The van der Waals surface area contributed by atoms with Crippen LogP contribution in [0, 0.1) is 6.92 Å². The zero-order valence-corrected chi connectivity index (χ0v) is 18.3. The number of aryl methyl sites for hydroxylation is 1. The van der Waals surface area contributed by atoms with Crippen molar-refractivity contribution in [3.8, 4) is 5.75 Å². The molecule has 1 saturated heterocycles. The van der Waals surface area contributed by atoms with Crippen LogP contribution >= 0.6 is 0 Å². The predicted octanol–water partition coefficient (Wildman–Crippen LogP) is 1.78. The molecule has 0 spiro atoms. The molecule has 170 valence electrons. The topological polar surface area (TPSA) is 117 Å². The van der Waals surface area contributed by atoms with Crippen molar-refractivity contribution in [2.45, 2.75) is 19.5 Å². The van der Waals surface area contributed by atoms with Gasteiger partial charge in [0.05, 0.1) is 7.11 Å². The number of carbonyl (C=O) groups is 3. The number of amides is 4. The fraction of sp³-hybridized carbons (Fsp3) is 0.348. The van der Waals surface area contributed by atoms with Gasteiger partial charge in [0, 0.05) is 43.5 Å². The summed E-state index contributed by atoms with van der Waals surface area (Å²) in [6.45, 7) is 3.11. The molecule has 2 aromatic carbocycles. The number of nitrogens with zero attached hydrogens (tertiary/aromatic N) is 2. The van der Waals surface area contributed by atoms with Gasteiger partial charge in [0.2, 0.25) is 0 Å². The molecule has 1 unspecified atom stereocenters. The van der Waals surface area contributed by atoms with Gasteiger partial charge in [-0.05, 0) is 37.6 Å². The van der Waals surface area contributed by atoms with E-state index in [1.165, 1.54) is 16.9 Å². The number of ether oxygens (including phenoxy) is 1. The molecule has 32 heavy (non-hydrogen) atoms. The van der Waals surface area contributed by atoms with Crippen LogP contribution in [0.2, 0.25) is 0 Å². The number of rotatable bonds is 6. The number of hydrogen-bond donors (Lipinski definition) is 3. The monoisotopic (exact) mass is 439 g/mol. The minimum absolute atomic E-state index is 0.243. The quantitative estimate of drug-likeness (QED) is 0.634. The van der Waals surface area contributed by atoms with E-state index in [-0.39, 0.29) is 19.0 Å². The van der Waals surface area contributed by atoms with Crippen molar-refractivity contribution in [3.05, 3.63) is 59.7 Å². The number of hydrogen-bond acceptors (Lipinski definition) is 5. The molecule has 4 amide bonds. The molecular formula is C23H29N5O4. The van der Waals surface area contributed by atoms with Crippen molar-refractivity contribution in [3.63, 3.8) is 0 Å². The Morgan fingerprint density at radius 3 is 2.50 bits per heavy atom. The number of nitrogens with one attached hydrogen (secondary N) is 2. The Labute approximate surface area is 187 Å². The lowest BCUT2D eigenvalue weighted by Crippen LogP contribution is -2.64. The zero-order chi connectivity index (χ0) is 23.1. The van der Waals surface area contributed by atoms with Gasteiger partial charge in [0.15, 0.2) is 6.17 Å². The standard InChI is InChI=1S/C23H29N5O4/c1-16-7-9-17(10-8-16)22(30)27-13-4-14-28(21(27)20(29)25-12-11-24)23(31)26-18-5-3-6-19(15-18)32-2/h3,5-10,15,21H,4,11-14,24H2,1-2H3,(H,25,29)(H,26,31). The largest absolute Gasteiger partial charge is 0.497 e. The Morgan fingerprint density at radius 2 is 1.81 bits per heavy atom. The van der Waals surface area contributed by atoms with Gasteiger partial charge < -0.3 is 26.0 Å². The molecular weight excluding hydrogens is 410 g/mol. The summed E-state index contributed by atoms with van der Waals surface area (Å²) in [4.78, 5) is 42.2. The summed E-state index contributed by atoms with van der Waals surface area (Å²) in [6.07, 6.45) is -0.543. The Morgan fingerprint density at radius 1 is 1.09 bits per heavy atom. The van der Waals surface area contributed by atoms with Crippen LogP contribution in [-0.4, -0.2) is 67.1 Å². The summed E-state index contributed by atoms with van der Waals surface area (Å²) in [5, 5.41) is 5.51. The van der Waals surface area contributed by atoms with Crippen molar-refractivity contribution < 1.29 is 19.1 Å². The minimum Gasteiger partial charge on any atom is -0.497 e. The summed E-state index contributed by atoms with van der Waals surface area (Å²) in [6, 6.07) is 13.6. The summed E-state index contributed by atoms with van der Waals surface area (Å²) in [5.74, 6) is -0.164. The maximum Gasteiger partial charge on any atom is 0.323 e. The van der Waals surface area contributed by atoms with Crippen molar-refractivity contribution in [1.82, 2.24) is 15.1 Å². The van der Waals surface area contributed by atoms with Crippen molar-refractivity contribution >= 4 is 23.5 Å². The molecule has 0 aliphatic carbocycles. The van der Waals surface area contributed by atoms with E-state index in [4.69, 9.17) is 10.5 Å². The average Bonchev–Trinajstić information content (AvgIpc) is 2.82. The number of benzene rings is 2. The van der Waals surface area contributed by atoms with Crippen LogP contribution < -0.4 is 21.1 Å². The van der Waals surface area contributed by atoms with E-state index >= 15 is 0 Å². The molecule has 9 nitrogen and oxygen atoms in total. The van der Waals surface area contributed by atoms with Gasteiger partial charge in [-0.1, -0.05) is 23.8 Å². The van der Waals surface area contributed by atoms with Crippen LogP contribution in [0.3, 0.4) is 0 Å². The summed E-state index contributed by atoms with van der Waals surface area (Å²) >= 11 is 0. The molecule has 0 radical (unpaired) electrons. The molecule has 1 fully saturated rings. The van der Waals surface area contributed by atoms with E-state index in [9.17, 15) is 14.4 Å². The third kappa shape index (κ3) is 5.36. The summed E-state index contributed by atoms with van der Waals surface area (Å²) in [7, 11) is 1.54. The first-order valence-electron chi connectivity index (χ1n) is 10.5. The molecule has 0 saturated carbocycles. The summed E-state index contributed by atoms with van der Waals surface area (Å²) in [5.41, 5.74) is 7.54. The molecule has 1 heterocycles. The Bertz CT molecular complexity index is 963. The fourth-order valence-corrected chi connectivity index (χ4v) is 3.58. The minimum atomic E-state index is -1.09. The van der Waals surface area contributed by atoms with Gasteiger partial charge in [-0.3, -0.25) is 14.5 Å². The molecule has 1 aliphatic heterocycles. The highest BCUT2D eigenvalue weighted by Gasteiger charge is 2.40. The first-order chi connectivity index (χ1) is 15.4. The second-order valence-corrected chi connectivity index (χ2v) is 7.53. The van der Waals surface area contributed by atoms with E-state index in [2.05, 4.69) is 10.6 Å². The smallest absolute Gasteiger partial charge is 0.323 e. The van der Waals surface area contributed by atoms with Crippen LogP contribution in [0.5, 0.6) is 5.75 Å². The SMILES string of the molecule is COc1cccc(NC(=O)N2CCCN(C(=O)c3ccc(C)cc3)C2C(=O)NCCN)c1. The third-order valence-corrected chi connectivity index (χ3v) is 5.21. The van der Waals surface area contributed by atoms with Gasteiger partial charge >= 0.3 is 6.03 Å². The molecule has 1 aliphatic rings. The number of methoxy groups -OCH3 is 1. The molecule has 1 atom stereocenters. The predicted molar refractivity (Wildman–Crippen MR) is 121 cm³/mol. The highest BCUT2D eigenvalue weighted by atomic mass is 16.5. The van der Waals surface area contributed by atoms with Gasteiger partial charge in [0.25, 0.3) is 11.8 Å². The van der Waals surface area contributed by atoms with Crippen LogP contribution in [0.4, 0.5) is 10.5 Å². The van der Waals surface area contributed by atoms with Crippen molar-refractivity contribution in [1.29, 1.82) is 0 Å². The normalized spacial score (nSPS) is 15.8. The van der Waals surface area contributed by atoms with Gasteiger partial charge in [-0.15, -0.1) is 0 Å². The summed E-state index contributed by atoms with van der Waals surface area (Å²) < 4.78 is 5.20. The number of nitrogens with two attached hydrogens (primary N) is 1. The lowest BCUT2D eigenvalue weighted by atomic mass is 10.1. The third-order valence-electron chi connectivity index (χ3n) is 5.21. The Balaban J connectivity index is 1.87. The highest BCUT2D eigenvalue weighted by Crippen LogP contribution is 2.22. The van der Waals surface area contributed by atoms with E-state index in [0.717, 1.165) is 5.56 Å². The van der Waals surface area contributed by atoms with Gasteiger partial charge in [-0.25, -0.2) is 4.79 Å². The second kappa shape index (κ2) is 10.6. The molecule has 4 N–H and O–H groups in total. The highest BCUT2D eigenvalue weighted by molar-refractivity contribution is 6.00. The van der Waals surface area contributed by atoms with E-state index in [1.807, 2.05) is 19.1 Å². The molecule has 0 bridgehead atoms. The lowest BCUT2D eigenvalue weighted by molar-refractivity contribution is -0.132. The van der Waals surface area contributed by atoms with Crippen LogP contribution in [0.25, 0.3) is 0 Å². The maximum absolute atomic E-state index is 13.3. The fourth-order valence-electron chi connectivity index (χ4n) is 3.58. The van der Waals surface area contributed by atoms with Gasteiger partial charge in [-0.2, -0.15) is 0 Å². The van der Waals surface area contributed by atoms with Gasteiger partial charge in [0.1, 0.15) is 5.75 Å². The van der Waals surface area contributed by atoms with Crippen molar-refractivity contribution in [2.24, 2.45) is 5.73 Å². The van der Waals surface area contributed by atoms with E-state index in [0.29, 0.717) is 36.5 Å². The van der Waals surface area contributed by atoms with E-state index in [1.54, 1.807) is 36.4 Å². The second-order valence-electron chi connectivity index (χ2n) is 7.53. The number of carbonyl (C=O) groups excluding carboxylic acids is 3. The average molecular weight is 440 g/mol. The van der Waals surface area contributed by atoms with Crippen LogP contribution in [0.15, 0.2) is 48.5 Å². The van der Waals surface area contributed by atoms with E-state index < -0.39 is 18.1 Å². The number of urea groups is 1. The number of anilines is 1. The van der Waals surface area contributed by atoms with Crippen LogP contribution in [-0.2, 0) is 4.79 Å². The Kier molecular flexibility index (Phi) is 7.67.